The fourth-order valence-electron chi connectivity index (χ4n) is 4.39. The van der Waals surface area contributed by atoms with Crippen LogP contribution < -0.4 is 16.2 Å². The first-order valence-electron chi connectivity index (χ1n) is 9.16. The molecule has 2 aromatic heterocycles. The van der Waals surface area contributed by atoms with E-state index in [0.717, 1.165) is 36.3 Å². The lowest BCUT2D eigenvalue weighted by molar-refractivity contribution is 0.0688. The molecular weight excluding hydrogens is 351 g/mol. The van der Waals surface area contributed by atoms with Gasteiger partial charge in [-0.2, -0.15) is 0 Å². The Labute approximate surface area is 153 Å². The second-order valence-electron chi connectivity index (χ2n) is 7.63. The predicted molar refractivity (Wildman–Crippen MR) is 97.7 cm³/mol. The van der Waals surface area contributed by atoms with E-state index in [4.69, 9.17) is 5.73 Å². The molecule has 3 N–H and O–H groups in total. The molecule has 7 nitrogen and oxygen atoms in total. The zero-order valence-corrected chi connectivity index (χ0v) is 14.6. The number of halogens is 1. The number of aromatic nitrogens is 2. The molecule has 0 bridgehead atoms. The van der Waals surface area contributed by atoms with Crippen LogP contribution in [0.1, 0.15) is 53.3 Å². The maximum atomic E-state index is 15.2. The number of hydrogen-bond donors (Lipinski definition) is 2. The van der Waals surface area contributed by atoms with Crippen LogP contribution in [-0.4, -0.2) is 39.1 Å². The summed E-state index contributed by atoms with van der Waals surface area (Å²) in [7, 11) is 0. The zero-order chi connectivity index (χ0) is 18.9. The Hall–Kier alpha value is -2.74. The minimum absolute atomic E-state index is 0.0254. The van der Waals surface area contributed by atoms with Crippen LogP contribution in [0.25, 0.3) is 11.6 Å². The molecule has 0 aromatic carbocycles. The van der Waals surface area contributed by atoms with Crippen molar-refractivity contribution in [1.82, 2.24) is 9.38 Å². The molecule has 0 radical (unpaired) electrons. The topological polar surface area (TPSA) is 101 Å². The van der Waals surface area contributed by atoms with Gasteiger partial charge < -0.3 is 15.7 Å². The van der Waals surface area contributed by atoms with Gasteiger partial charge in [-0.1, -0.05) is 12.2 Å². The van der Waals surface area contributed by atoms with Gasteiger partial charge in [0.2, 0.25) is 5.69 Å². The Balaban J connectivity index is 1.88. The number of anilines is 1. The normalized spacial score (nSPS) is 24.0. The molecule has 1 saturated heterocycles. The van der Waals surface area contributed by atoms with Gasteiger partial charge in [0.05, 0.1) is 23.1 Å². The highest BCUT2D eigenvalue weighted by molar-refractivity contribution is 5.88. The molecule has 2 aromatic rings. The van der Waals surface area contributed by atoms with E-state index < -0.39 is 23.0 Å². The van der Waals surface area contributed by atoms with Crippen LogP contribution in [0.2, 0.25) is 0 Å². The Bertz CT molecular complexity index is 1070. The van der Waals surface area contributed by atoms with Gasteiger partial charge in [-0.15, -0.1) is 0 Å². The van der Waals surface area contributed by atoms with Crippen LogP contribution in [-0.2, 0) is 0 Å². The maximum Gasteiger partial charge on any atom is 0.360 e. The summed E-state index contributed by atoms with van der Waals surface area (Å²) in [6, 6.07) is 0.0967. The molecule has 0 spiro atoms. The molecule has 1 aliphatic carbocycles. The van der Waals surface area contributed by atoms with E-state index in [9.17, 15) is 14.7 Å². The lowest BCUT2D eigenvalue weighted by Gasteiger charge is -2.27. The molecule has 0 amide bonds. The van der Waals surface area contributed by atoms with Crippen molar-refractivity contribution in [2.45, 2.75) is 43.7 Å². The number of aromatic carboxylic acids is 1. The van der Waals surface area contributed by atoms with Crippen LogP contribution in [0, 0.1) is 5.82 Å². The number of hydrogen-bond acceptors (Lipinski definition) is 5. The zero-order valence-electron chi connectivity index (χ0n) is 14.6. The third-order valence-electron chi connectivity index (χ3n) is 5.71. The minimum atomic E-state index is -1.40. The summed E-state index contributed by atoms with van der Waals surface area (Å²) in [5.74, 6) is -1.84. The smallest absolute Gasteiger partial charge is 0.360 e. The Morgan fingerprint density at radius 1 is 1.37 bits per heavy atom. The number of carboxylic acid groups (broad SMARTS) is 1. The Morgan fingerprint density at radius 3 is 2.85 bits per heavy atom. The maximum absolute atomic E-state index is 15.2. The van der Waals surface area contributed by atoms with Crippen molar-refractivity contribution in [3.05, 3.63) is 45.4 Å². The Morgan fingerprint density at radius 2 is 2.15 bits per heavy atom. The van der Waals surface area contributed by atoms with Gasteiger partial charge in [0, 0.05) is 30.1 Å². The van der Waals surface area contributed by atoms with Crippen LogP contribution >= 0.6 is 0 Å². The van der Waals surface area contributed by atoms with Gasteiger partial charge in [-0.25, -0.2) is 14.2 Å². The third-order valence-corrected chi connectivity index (χ3v) is 5.71. The van der Waals surface area contributed by atoms with Gasteiger partial charge in [-0.3, -0.25) is 9.20 Å². The predicted octanol–water partition coefficient (Wildman–Crippen LogP) is 1.73. The van der Waals surface area contributed by atoms with E-state index in [0.29, 0.717) is 29.0 Å². The highest BCUT2D eigenvalue weighted by Crippen LogP contribution is 2.44. The van der Waals surface area contributed by atoms with Gasteiger partial charge in [-0.05, 0) is 25.7 Å². The van der Waals surface area contributed by atoms with Crippen molar-refractivity contribution in [1.29, 1.82) is 0 Å². The fourth-order valence-corrected chi connectivity index (χ4v) is 4.39. The highest BCUT2D eigenvalue weighted by atomic mass is 19.1. The van der Waals surface area contributed by atoms with Gasteiger partial charge in [0.1, 0.15) is 0 Å². The first-order valence-corrected chi connectivity index (χ1v) is 9.16. The van der Waals surface area contributed by atoms with Crippen molar-refractivity contribution in [2.75, 3.05) is 11.4 Å². The number of carboxylic acids is 1. The van der Waals surface area contributed by atoms with Crippen molar-refractivity contribution in [2.24, 2.45) is 5.73 Å². The molecule has 1 unspecified atom stereocenters. The van der Waals surface area contributed by atoms with E-state index in [1.165, 1.54) is 0 Å². The molecule has 4 heterocycles. The van der Waals surface area contributed by atoms with Crippen molar-refractivity contribution in [3.63, 3.8) is 0 Å². The summed E-state index contributed by atoms with van der Waals surface area (Å²) >= 11 is 0. The number of nitrogens with two attached hydrogens (primary N) is 1. The summed E-state index contributed by atoms with van der Waals surface area (Å²) in [5, 5.41) is 9.35. The molecule has 8 heteroatoms. The van der Waals surface area contributed by atoms with E-state index in [-0.39, 0.29) is 18.0 Å². The number of rotatable bonds is 2. The number of nitrogens with zero attached hydrogens (tertiary/aromatic N) is 3. The fraction of sp³-hybridized carbons (Fsp3) is 0.421. The standard InChI is InChI=1S/C19H19FN4O3/c20-13-8-24-17(14(9-4-5-9)22-15(18(24)25)19(26)27)12-3-1-2-11-6-10(21)7-23(11)16(12)13/h1,3,8-11H,2,4-7,21H2,(H,26,27)/t10-,11?/m0/s1. The van der Waals surface area contributed by atoms with E-state index >= 15 is 4.39 Å². The van der Waals surface area contributed by atoms with E-state index in [1.54, 1.807) is 0 Å². The van der Waals surface area contributed by atoms with Crippen molar-refractivity contribution in [3.8, 4) is 0 Å². The number of fused-ring (bicyclic) bond motifs is 5. The first kappa shape index (κ1) is 16.4. The largest absolute Gasteiger partial charge is 0.476 e. The van der Waals surface area contributed by atoms with Crippen LogP contribution in [0.15, 0.2) is 17.1 Å². The lowest BCUT2D eigenvalue weighted by atomic mass is 10.1. The molecule has 2 atom stereocenters. The van der Waals surface area contributed by atoms with Crippen molar-refractivity contribution >= 4 is 23.2 Å². The first-order chi connectivity index (χ1) is 13.0. The molecular formula is C19H19FN4O3. The van der Waals surface area contributed by atoms with Crippen molar-refractivity contribution < 1.29 is 14.3 Å². The van der Waals surface area contributed by atoms with E-state index in [1.807, 2.05) is 17.1 Å². The quantitative estimate of drug-likeness (QED) is 0.835. The molecule has 2 fully saturated rings. The van der Waals surface area contributed by atoms with Crippen LogP contribution in [0.5, 0.6) is 0 Å². The second kappa shape index (κ2) is 5.63. The molecule has 1 saturated carbocycles. The SMILES string of the molecule is N[C@H]1CC2CC=Cc3c(c(F)cn4c(=O)c(C(=O)O)nc(C5CC5)c34)N2C1. The molecule has 140 valence electrons. The molecule has 3 aliphatic rings. The summed E-state index contributed by atoms with van der Waals surface area (Å²) < 4.78 is 16.3. The third kappa shape index (κ3) is 2.39. The molecule has 5 rings (SSSR count). The summed E-state index contributed by atoms with van der Waals surface area (Å²) in [6.07, 6.45) is 8.22. The number of pyridine rings is 1. The summed E-state index contributed by atoms with van der Waals surface area (Å²) in [4.78, 5) is 30.3. The van der Waals surface area contributed by atoms with Gasteiger partial charge in [0.15, 0.2) is 5.82 Å². The average molecular weight is 370 g/mol. The summed E-state index contributed by atoms with van der Waals surface area (Å²) in [5.41, 5.74) is 6.85. The van der Waals surface area contributed by atoms with Crippen LogP contribution in [0.4, 0.5) is 10.1 Å². The van der Waals surface area contributed by atoms with Gasteiger partial charge in [0.25, 0.3) is 5.56 Å². The van der Waals surface area contributed by atoms with E-state index in [2.05, 4.69) is 4.98 Å². The monoisotopic (exact) mass is 370 g/mol. The average Bonchev–Trinajstić information content (AvgIpc) is 3.40. The molecule has 27 heavy (non-hydrogen) atoms. The number of carbonyl (C=O) groups is 1. The second-order valence-corrected chi connectivity index (χ2v) is 7.63. The van der Waals surface area contributed by atoms with Gasteiger partial charge >= 0.3 is 5.97 Å². The minimum Gasteiger partial charge on any atom is -0.476 e. The van der Waals surface area contributed by atoms with Crippen LogP contribution in [0.3, 0.4) is 0 Å². The Kier molecular flexibility index (Phi) is 3.42. The highest BCUT2D eigenvalue weighted by Gasteiger charge is 2.37. The molecule has 2 aliphatic heterocycles. The lowest BCUT2D eigenvalue weighted by Crippen LogP contribution is -2.32. The summed E-state index contributed by atoms with van der Waals surface area (Å²) in [6.45, 7) is 0.552.